The second-order valence-electron chi connectivity index (χ2n) is 4.01. The van der Waals surface area contributed by atoms with E-state index in [2.05, 4.69) is 21.7 Å². The minimum atomic E-state index is -0.0952. The van der Waals surface area contributed by atoms with Crippen LogP contribution in [0.5, 0.6) is 0 Å². The third-order valence-electron chi connectivity index (χ3n) is 3.10. The Hall–Kier alpha value is -0.910. The van der Waals surface area contributed by atoms with E-state index in [-0.39, 0.29) is 18.0 Å². The maximum absolute atomic E-state index is 11.6. The van der Waals surface area contributed by atoms with Crippen molar-refractivity contribution in [2.45, 2.75) is 19.0 Å². The highest BCUT2D eigenvalue weighted by molar-refractivity contribution is 7.07. The molecule has 2 rings (SSSR count). The molecule has 2 unspecified atom stereocenters. The average Bonchev–Trinajstić information content (AvgIpc) is 2.79. The molecule has 1 aromatic heterocycles. The topological polar surface area (TPSA) is 58.4 Å². The summed E-state index contributed by atoms with van der Waals surface area (Å²) in [4.78, 5) is 13.8. The zero-order valence-electron chi connectivity index (χ0n) is 9.35. The van der Waals surface area contributed by atoms with Gasteiger partial charge < -0.3 is 11.1 Å². The van der Waals surface area contributed by atoms with Gasteiger partial charge in [-0.25, -0.2) is 0 Å². The van der Waals surface area contributed by atoms with Gasteiger partial charge in [0, 0.05) is 25.7 Å². The van der Waals surface area contributed by atoms with Gasteiger partial charge in [0.05, 0.1) is 6.04 Å². The molecule has 0 aliphatic carbocycles. The molecule has 0 radical (unpaired) electrons. The SMILES string of the molecule is CC1C(=O)NCCN1C(CN)c1ccsc1. The van der Waals surface area contributed by atoms with Crippen LogP contribution in [-0.4, -0.2) is 36.5 Å². The van der Waals surface area contributed by atoms with Crippen molar-refractivity contribution in [1.29, 1.82) is 0 Å². The Morgan fingerprint density at radius 2 is 2.56 bits per heavy atom. The van der Waals surface area contributed by atoms with Crippen molar-refractivity contribution >= 4 is 17.2 Å². The normalized spacial score (nSPS) is 24.1. The molecule has 2 atom stereocenters. The number of nitrogens with zero attached hydrogens (tertiary/aromatic N) is 1. The molecule has 2 heterocycles. The number of carbonyl (C=O) groups is 1. The predicted octanol–water partition coefficient (Wildman–Crippen LogP) is 0.568. The molecule has 1 saturated heterocycles. The fraction of sp³-hybridized carbons (Fsp3) is 0.545. The van der Waals surface area contributed by atoms with E-state index in [1.54, 1.807) is 11.3 Å². The molecule has 1 fully saturated rings. The summed E-state index contributed by atoms with van der Waals surface area (Å²) in [6.45, 7) is 4.06. The van der Waals surface area contributed by atoms with E-state index in [1.807, 2.05) is 12.3 Å². The largest absolute Gasteiger partial charge is 0.353 e. The van der Waals surface area contributed by atoms with Crippen LogP contribution in [0.3, 0.4) is 0 Å². The van der Waals surface area contributed by atoms with Gasteiger partial charge in [0.15, 0.2) is 0 Å². The summed E-state index contributed by atoms with van der Waals surface area (Å²) >= 11 is 1.67. The van der Waals surface area contributed by atoms with Crippen LogP contribution >= 0.6 is 11.3 Å². The Morgan fingerprint density at radius 3 is 3.19 bits per heavy atom. The number of nitrogens with one attached hydrogen (secondary N) is 1. The van der Waals surface area contributed by atoms with Crippen LogP contribution in [-0.2, 0) is 4.79 Å². The van der Waals surface area contributed by atoms with Crippen molar-refractivity contribution < 1.29 is 4.79 Å². The van der Waals surface area contributed by atoms with Gasteiger partial charge >= 0.3 is 0 Å². The van der Waals surface area contributed by atoms with E-state index in [0.29, 0.717) is 13.1 Å². The van der Waals surface area contributed by atoms with E-state index in [9.17, 15) is 4.79 Å². The summed E-state index contributed by atoms with van der Waals surface area (Å²) in [5.74, 6) is 0.0972. The molecule has 1 aliphatic heterocycles. The van der Waals surface area contributed by atoms with Crippen LogP contribution in [0.4, 0.5) is 0 Å². The fourth-order valence-electron chi connectivity index (χ4n) is 2.15. The van der Waals surface area contributed by atoms with E-state index < -0.39 is 0 Å². The van der Waals surface area contributed by atoms with Crippen molar-refractivity contribution in [3.63, 3.8) is 0 Å². The zero-order chi connectivity index (χ0) is 11.5. The molecule has 3 N–H and O–H groups in total. The first-order chi connectivity index (χ1) is 7.74. The van der Waals surface area contributed by atoms with E-state index >= 15 is 0 Å². The highest BCUT2D eigenvalue weighted by Gasteiger charge is 2.31. The lowest BCUT2D eigenvalue weighted by molar-refractivity contribution is -0.129. The van der Waals surface area contributed by atoms with Crippen molar-refractivity contribution in [2.75, 3.05) is 19.6 Å². The quantitative estimate of drug-likeness (QED) is 0.810. The second-order valence-corrected chi connectivity index (χ2v) is 4.79. The monoisotopic (exact) mass is 239 g/mol. The minimum Gasteiger partial charge on any atom is -0.353 e. The summed E-state index contributed by atoms with van der Waals surface area (Å²) in [6, 6.07) is 2.15. The molecule has 4 nitrogen and oxygen atoms in total. The Kier molecular flexibility index (Phi) is 3.58. The molecule has 1 amide bonds. The molecular formula is C11H17N3OS. The lowest BCUT2D eigenvalue weighted by atomic mass is 10.1. The van der Waals surface area contributed by atoms with Gasteiger partial charge in [-0.15, -0.1) is 0 Å². The number of carbonyl (C=O) groups excluding carboxylic acids is 1. The van der Waals surface area contributed by atoms with Gasteiger partial charge in [0.25, 0.3) is 0 Å². The number of hydrogen-bond acceptors (Lipinski definition) is 4. The van der Waals surface area contributed by atoms with Gasteiger partial charge in [-0.1, -0.05) is 0 Å². The summed E-state index contributed by atoms with van der Waals surface area (Å²) in [5, 5.41) is 7.02. The Bertz CT molecular complexity index is 352. The highest BCUT2D eigenvalue weighted by atomic mass is 32.1. The zero-order valence-corrected chi connectivity index (χ0v) is 10.2. The smallest absolute Gasteiger partial charge is 0.237 e. The molecule has 88 valence electrons. The van der Waals surface area contributed by atoms with Crippen molar-refractivity contribution in [2.24, 2.45) is 5.73 Å². The van der Waals surface area contributed by atoms with Crippen molar-refractivity contribution in [1.82, 2.24) is 10.2 Å². The molecule has 0 saturated carbocycles. The summed E-state index contributed by atoms with van der Waals surface area (Å²) in [5.41, 5.74) is 7.05. The summed E-state index contributed by atoms with van der Waals surface area (Å²) in [6.07, 6.45) is 0. The van der Waals surface area contributed by atoms with Crippen molar-refractivity contribution in [3.05, 3.63) is 22.4 Å². The summed E-state index contributed by atoms with van der Waals surface area (Å²) < 4.78 is 0. The molecule has 16 heavy (non-hydrogen) atoms. The van der Waals surface area contributed by atoms with Crippen LogP contribution < -0.4 is 11.1 Å². The van der Waals surface area contributed by atoms with E-state index in [1.165, 1.54) is 5.56 Å². The van der Waals surface area contributed by atoms with E-state index in [0.717, 1.165) is 6.54 Å². The number of nitrogens with two attached hydrogens (primary N) is 1. The maximum atomic E-state index is 11.6. The second kappa shape index (κ2) is 4.95. The first kappa shape index (κ1) is 11.6. The fourth-order valence-corrected chi connectivity index (χ4v) is 2.86. The van der Waals surface area contributed by atoms with Crippen LogP contribution in [0.1, 0.15) is 18.5 Å². The lowest BCUT2D eigenvalue weighted by Crippen LogP contribution is -2.55. The Morgan fingerprint density at radius 1 is 1.75 bits per heavy atom. The maximum Gasteiger partial charge on any atom is 0.237 e. The van der Waals surface area contributed by atoms with Crippen LogP contribution in [0.15, 0.2) is 16.8 Å². The van der Waals surface area contributed by atoms with Gasteiger partial charge in [-0.05, 0) is 29.3 Å². The highest BCUT2D eigenvalue weighted by Crippen LogP contribution is 2.24. The molecule has 0 bridgehead atoms. The number of rotatable bonds is 3. The summed E-state index contributed by atoms with van der Waals surface area (Å²) in [7, 11) is 0. The van der Waals surface area contributed by atoms with E-state index in [4.69, 9.17) is 5.73 Å². The molecular weight excluding hydrogens is 222 g/mol. The predicted molar refractivity (Wildman–Crippen MR) is 65.3 cm³/mol. The first-order valence-electron chi connectivity index (χ1n) is 5.49. The Balaban J connectivity index is 2.17. The minimum absolute atomic E-state index is 0.0952. The number of amides is 1. The molecule has 1 aliphatic rings. The Labute approximate surface area is 99.4 Å². The third-order valence-corrected chi connectivity index (χ3v) is 3.80. The molecule has 1 aromatic rings. The van der Waals surface area contributed by atoms with Crippen LogP contribution in [0.25, 0.3) is 0 Å². The first-order valence-corrected chi connectivity index (χ1v) is 6.44. The molecule has 5 heteroatoms. The van der Waals surface area contributed by atoms with Gasteiger partial charge in [-0.2, -0.15) is 11.3 Å². The average molecular weight is 239 g/mol. The number of thiophene rings is 1. The van der Waals surface area contributed by atoms with Crippen molar-refractivity contribution in [3.8, 4) is 0 Å². The lowest BCUT2D eigenvalue weighted by Gasteiger charge is -2.38. The molecule has 0 spiro atoms. The number of piperazine rings is 1. The number of hydrogen-bond donors (Lipinski definition) is 2. The molecule has 0 aromatic carbocycles. The van der Waals surface area contributed by atoms with Crippen LogP contribution in [0, 0.1) is 0 Å². The van der Waals surface area contributed by atoms with Gasteiger partial charge in [0.1, 0.15) is 0 Å². The van der Waals surface area contributed by atoms with Gasteiger partial charge in [0.2, 0.25) is 5.91 Å². The third kappa shape index (κ3) is 2.11. The van der Waals surface area contributed by atoms with Crippen LogP contribution in [0.2, 0.25) is 0 Å². The standard InChI is InChI=1S/C11H17N3OS/c1-8-11(15)13-3-4-14(8)10(6-12)9-2-5-16-7-9/h2,5,7-8,10H,3-4,6,12H2,1H3,(H,13,15). The van der Waals surface area contributed by atoms with Gasteiger partial charge in [-0.3, -0.25) is 9.69 Å².